The van der Waals surface area contributed by atoms with Crippen molar-refractivity contribution in [3.05, 3.63) is 82.9 Å². The molecule has 0 fully saturated rings. The van der Waals surface area contributed by atoms with Gasteiger partial charge >= 0.3 is 0 Å². The van der Waals surface area contributed by atoms with Crippen molar-refractivity contribution < 1.29 is 14.3 Å². The number of nitrogens with one attached hydrogen (secondary N) is 1. The Hall–Kier alpha value is -3.63. The minimum absolute atomic E-state index is 0.246. The number of carbonyl (C=O) groups is 1. The Bertz CT molecular complexity index is 1280. The van der Waals surface area contributed by atoms with Gasteiger partial charge in [-0.3, -0.25) is 4.79 Å². The normalized spacial score (nSPS) is 10.7. The molecule has 4 rings (SSSR count). The predicted molar refractivity (Wildman–Crippen MR) is 134 cm³/mol. The molecule has 11 heteroatoms. The van der Waals surface area contributed by atoms with Gasteiger partial charge in [-0.15, -0.1) is 5.10 Å². The van der Waals surface area contributed by atoms with Crippen LogP contribution in [0.25, 0.3) is 5.69 Å². The second-order valence-corrected chi connectivity index (χ2v) is 8.67. The smallest absolute Gasteiger partial charge is 0.273 e. The third kappa shape index (κ3) is 6.09. The number of carbonyl (C=O) groups excluding carboxylic acids is 1. The molecule has 0 atom stereocenters. The lowest BCUT2D eigenvalue weighted by Gasteiger charge is -2.10. The Morgan fingerprint density at radius 3 is 2.51 bits per heavy atom. The van der Waals surface area contributed by atoms with Crippen molar-refractivity contribution in [2.75, 3.05) is 20.8 Å². The number of thioether (sulfide) groups is 1. The van der Waals surface area contributed by atoms with Gasteiger partial charge in [0.25, 0.3) is 5.91 Å². The van der Waals surface area contributed by atoms with E-state index in [1.165, 1.54) is 11.8 Å². The Kier molecular flexibility index (Phi) is 8.17. The molecule has 2 aromatic carbocycles. The largest absolute Gasteiger partial charge is 0.493 e. The average molecular weight is 511 g/mol. The Labute approximate surface area is 211 Å². The summed E-state index contributed by atoms with van der Waals surface area (Å²) in [4.78, 5) is 21.5. The summed E-state index contributed by atoms with van der Waals surface area (Å²) in [5, 5.41) is 12.6. The summed E-state index contributed by atoms with van der Waals surface area (Å²) in [6, 6.07) is 14.6. The number of ether oxygens (including phenoxy) is 2. The van der Waals surface area contributed by atoms with Crippen LogP contribution in [0.3, 0.4) is 0 Å². The number of nitrogens with zero attached hydrogens (tertiary/aromatic N) is 5. The molecule has 0 bridgehead atoms. The van der Waals surface area contributed by atoms with Gasteiger partial charge in [-0.1, -0.05) is 34.6 Å². The van der Waals surface area contributed by atoms with Gasteiger partial charge in [-0.05, 0) is 54.4 Å². The van der Waals surface area contributed by atoms with Crippen LogP contribution >= 0.6 is 23.4 Å². The highest BCUT2D eigenvalue weighted by Gasteiger charge is 2.21. The number of hydrogen-bond donors (Lipinski definition) is 1. The van der Waals surface area contributed by atoms with Crippen LogP contribution in [0.5, 0.6) is 11.5 Å². The second kappa shape index (κ2) is 11.7. The van der Waals surface area contributed by atoms with Crippen LogP contribution in [-0.2, 0) is 12.2 Å². The molecule has 9 nitrogen and oxygen atoms in total. The van der Waals surface area contributed by atoms with Gasteiger partial charge in [0.1, 0.15) is 0 Å². The summed E-state index contributed by atoms with van der Waals surface area (Å²) >= 11 is 7.43. The number of amides is 1. The van der Waals surface area contributed by atoms with Crippen molar-refractivity contribution in [2.45, 2.75) is 17.3 Å². The lowest BCUT2D eigenvalue weighted by molar-refractivity contribution is 0.0948. The third-order valence-electron chi connectivity index (χ3n) is 5.08. The molecule has 180 valence electrons. The zero-order valence-electron chi connectivity index (χ0n) is 19.1. The highest BCUT2D eigenvalue weighted by atomic mass is 35.5. The van der Waals surface area contributed by atoms with Crippen LogP contribution in [0.2, 0.25) is 5.02 Å². The van der Waals surface area contributed by atoms with Gasteiger partial charge in [0.05, 0.1) is 25.6 Å². The maximum Gasteiger partial charge on any atom is 0.273 e. The Morgan fingerprint density at radius 2 is 1.80 bits per heavy atom. The summed E-state index contributed by atoms with van der Waals surface area (Å²) in [5.41, 5.74) is 2.63. The minimum atomic E-state index is -0.310. The van der Waals surface area contributed by atoms with Crippen molar-refractivity contribution in [1.82, 2.24) is 30.3 Å². The van der Waals surface area contributed by atoms with Crippen LogP contribution < -0.4 is 14.8 Å². The first-order chi connectivity index (χ1) is 17.1. The van der Waals surface area contributed by atoms with Crippen molar-refractivity contribution in [3.8, 4) is 17.2 Å². The van der Waals surface area contributed by atoms with Gasteiger partial charge in [0, 0.05) is 29.7 Å². The number of aromatic nitrogens is 5. The SMILES string of the molecule is COc1ccc(CCNC(=O)c2nnn(-c3ccc(Cl)cc3)c2CSc2ncccn2)cc1OC. The second-order valence-electron chi connectivity index (χ2n) is 7.29. The van der Waals surface area contributed by atoms with E-state index in [-0.39, 0.29) is 11.6 Å². The number of benzene rings is 2. The summed E-state index contributed by atoms with van der Waals surface area (Å²) in [5.74, 6) is 1.39. The molecular weight excluding hydrogens is 488 g/mol. The van der Waals surface area contributed by atoms with E-state index in [0.717, 1.165) is 11.3 Å². The van der Waals surface area contributed by atoms with Gasteiger partial charge in [-0.25, -0.2) is 14.6 Å². The molecule has 2 aromatic heterocycles. The molecule has 1 N–H and O–H groups in total. The van der Waals surface area contributed by atoms with E-state index in [9.17, 15) is 4.79 Å². The highest BCUT2D eigenvalue weighted by Crippen LogP contribution is 2.28. The summed E-state index contributed by atoms with van der Waals surface area (Å²) < 4.78 is 12.3. The standard InChI is InChI=1S/C24H23ClN6O3S/c1-33-20-9-4-16(14-21(20)34-2)10-13-26-23(32)22-19(15-35-24-27-11-3-12-28-24)31(30-29-22)18-7-5-17(25)6-8-18/h3-9,11-12,14H,10,13,15H2,1-2H3,(H,26,32). The zero-order valence-corrected chi connectivity index (χ0v) is 20.7. The van der Waals surface area contributed by atoms with Gasteiger partial charge in [0.2, 0.25) is 0 Å². The van der Waals surface area contributed by atoms with E-state index in [1.54, 1.807) is 49.5 Å². The van der Waals surface area contributed by atoms with E-state index in [1.807, 2.05) is 30.3 Å². The number of halogens is 1. The summed E-state index contributed by atoms with van der Waals surface area (Å²) in [6.07, 6.45) is 3.96. The molecule has 0 aliphatic carbocycles. The van der Waals surface area contributed by atoms with Gasteiger partial charge < -0.3 is 14.8 Å². The van der Waals surface area contributed by atoms with E-state index in [4.69, 9.17) is 21.1 Å². The molecule has 0 saturated carbocycles. The zero-order chi connectivity index (χ0) is 24.6. The molecule has 35 heavy (non-hydrogen) atoms. The molecular formula is C24H23ClN6O3S. The third-order valence-corrected chi connectivity index (χ3v) is 6.22. The van der Waals surface area contributed by atoms with Crippen LogP contribution in [0.4, 0.5) is 0 Å². The average Bonchev–Trinajstić information content (AvgIpc) is 3.32. The van der Waals surface area contributed by atoms with E-state index in [0.29, 0.717) is 46.1 Å². The molecule has 1 amide bonds. The summed E-state index contributed by atoms with van der Waals surface area (Å²) in [6.45, 7) is 0.413. The molecule has 0 aliphatic heterocycles. The monoisotopic (exact) mass is 510 g/mol. The van der Waals surface area contributed by atoms with Crippen molar-refractivity contribution in [3.63, 3.8) is 0 Å². The lowest BCUT2D eigenvalue weighted by Crippen LogP contribution is -2.27. The highest BCUT2D eigenvalue weighted by molar-refractivity contribution is 7.98. The van der Waals surface area contributed by atoms with Crippen LogP contribution in [0.15, 0.2) is 66.1 Å². The predicted octanol–water partition coefficient (Wildman–Crippen LogP) is 3.99. The van der Waals surface area contributed by atoms with E-state index < -0.39 is 0 Å². The van der Waals surface area contributed by atoms with Gasteiger partial charge in [-0.2, -0.15) is 0 Å². The fraction of sp³-hybridized carbons (Fsp3) is 0.208. The first kappa shape index (κ1) is 24.5. The Balaban J connectivity index is 1.50. The van der Waals surface area contributed by atoms with Crippen LogP contribution in [0, 0.1) is 0 Å². The van der Waals surface area contributed by atoms with Crippen molar-refractivity contribution >= 4 is 29.3 Å². The van der Waals surface area contributed by atoms with E-state index in [2.05, 4.69) is 25.6 Å². The van der Waals surface area contributed by atoms with E-state index >= 15 is 0 Å². The first-order valence-corrected chi connectivity index (χ1v) is 12.0. The minimum Gasteiger partial charge on any atom is -0.493 e. The molecule has 0 radical (unpaired) electrons. The topological polar surface area (TPSA) is 104 Å². The molecule has 0 aliphatic rings. The number of methoxy groups -OCH3 is 2. The molecule has 4 aromatic rings. The molecule has 0 saturated heterocycles. The van der Waals surface area contributed by atoms with Crippen LogP contribution in [0.1, 0.15) is 21.7 Å². The number of rotatable bonds is 10. The molecule has 0 unspecified atom stereocenters. The lowest BCUT2D eigenvalue weighted by atomic mass is 10.1. The molecule has 2 heterocycles. The van der Waals surface area contributed by atoms with Gasteiger partial charge in [0.15, 0.2) is 22.3 Å². The summed E-state index contributed by atoms with van der Waals surface area (Å²) in [7, 11) is 3.18. The Morgan fingerprint density at radius 1 is 1.06 bits per heavy atom. The maximum absolute atomic E-state index is 13.1. The first-order valence-electron chi connectivity index (χ1n) is 10.7. The van der Waals surface area contributed by atoms with Crippen molar-refractivity contribution in [2.24, 2.45) is 0 Å². The molecule has 0 spiro atoms. The fourth-order valence-electron chi connectivity index (χ4n) is 3.33. The maximum atomic E-state index is 13.1. The number of hydrogen-bond acceptors (Lipinski definition) is 8. The fourth-order valence-corrected chi connectivity index (χ4v) is 4.25. The van der Waals surface area contributed by atoms with Crippen molar-refractivity contribution in [1.29, 1.82) is 0 Å². The van der Waals surface area contributed by atoms with Crippen LogP contribution in [-0.4, -0.2) is 51.6 Å². The quantitative estimate of drug-likeness (QED) is 0.252.